The van der Waals surface area contributed by atoms with Crippen LogP contribution in [0.25, 0.3) is 16.2 Å². The molecule has 0 radical (unpaired) electrons. The molecule has 4 nitrogen and oxygen atoms in total. The number of hydrogen-bond donors (Lipinski definition) is 0. The minimum absolute atomic E-state index is 0.0955. The van der Waals surface area contributed by atoms with Gasteiger partial charge in [-0.25, -0.2) is 4.98 Å². The van der Waals surface area contributed by atoms with Crippen molar-refractivity contribution in [2.45, 2.75) is 19.8 Å². The molecule has 0 aliphatic rings. The standard InChI is InChI=1S/C18H19N3OS/c1-3-5-11-21(16(22)4-2)18-17(14-9-8-13-23-14)19-15-10-6-7-12-20(15)18/h4,6-10,12-13H,2-3,5,11H2,1H3. The van der Waals surface area contributed by atoms with E-state index in [0.29, 0.717) is 6.54 Å². The fourth-order valence-corrected chi connectivity index (χ4v) is 3.28. The van der Waals surface area contributed by atoms with E-state index in [-0.39, 0.29) is 5.91 Å². The predicted octanol–water partition coefficient (Wildman–Crippen LogP) is 4.38. The highest BCUT2D eigenvalue weighted by molar-refractivity contribution is 7.13. The zero-order valence-corrected chi connectivity index (χ0v) is 13.9. The van der Waals surface area contributed by atoms with Crippen LogP contribution < -0.4 is 4.90 Å². The summed E-state index contributed by atoms with van der Waals surface area (Å²) in [5.41, 5.74) is 1.68. The summed E-state index contributed by atoms with van der Waals surface area (Å²) in [6.45, 7) is 6.43. The van der Waals surface area contributed by atoms with E-state index in [1.54, 1.807) is 16.2 Å². The molecule has 0 saturated heterocycles. The zero-order valence-electron chi connectivity index (χ0n) is 13.1. The Kier molecular flexibility index (Phi) is 4.57. The van der Waals surface area contributed by atoms with Crippen LogP contribution >= 0.6 is 11.3 Å². The fourth-order valence-electron chi connectivity index (χ4n) is 2.57. The molecule has 0 bridgehead atoms. The number of unbranched alkanes of at least 4 members (excludes halogenated alkanes) is 1. The molecule has 3 heterocycles. The van der Waals surface area contributed by atoms with E-state index in [0.717, 1.165) is 34.9 Å². The number of aromatic nitrogens is 2. The molecule has 0 spiro atoms. The van der Waals surface area contributed by atoms with E-state index in [1.807, 2.05) is 46.3 Å². The summed E-state index contributed by atoms with van der Waals surface area (Å²) in [4.78, 5) is 20.0. The Labute approximate surface area is 139 Å². The average Bonchev–Trinajstić information content (AvgIpc) is 3.22. The van der Waals surface area contributed by atoms with Crippen LogP contribution in [0.4, 0.5) is 5.82 Å². The summed E-state index contributed by atoms with van der Waals surface area (Å²) >= 11 is 1.63. The molecule has 3 rings (SSSR count). The summed E-state index contributed by atoms with van der Waals surface area (Å²) in [7, 11) is 0. The molecule has 0 atom stereocenters. The van der Waals surface area contributed by atoms with Gasteiger partial charge in [0, 0.05) is 12.7 Å². The molecule has 0 saturated carbocycles. The van der Waals surface area contributed by atoms with Crippen LogP contribution in [0, 0.1) is 0 Å². The first-order valence-electron chi connectivity index (χ1n) is 7.71. The van der Waals surface area contributed by atoms with Crippen LogP contribution in [-0.4, -0.2) is 21.8 Å². The minimum Gasteiger partial charge on any atom is -0.292 e. The predicted molar refractivity (Wildman–Crippen MR) is 96.0 cm³/mol. The third-order valence-electron chi connectivity index (χ3n) is 3.69. The van der Waals surface area contributed by atoms with E-state index < -0.39 is 0 Å². The number of carbonyl (C=O) groups is 1. The van der Waals surface area contributed by atoms with Crippen LogP contribution in [0.1, 0.15) is 19.8 Å². The van der Waals surface area contributed by atoms with Gasteiger partial charge in [-0.15, -0.1) is 11.3 Å². The van der Waals surface area contributed by atoms with Gasteiger partial charge in [-0.2, -0.15) is 0 Å². The van der Waals surface area contributed by atoms with Gasteiger partial charge in [0.1, 0.15) is 17.2 Å². The first-order chi connectivity index (χ1) is 11.3. The Morgan fingerprint density at radius 1 is 1.39 bits per heavy atom. The summed E-state index contributed by atoms with van der Waals surface area (Å²) in [5.74, 6) is 0.725. The molecular formula is C18H19N3OS. The molecule has 1 amide bonds. The van der Waals surface area contributed by atoms with Gasteiger partial charge in [0.2, 0.25) is 0 Å². The molecule has 3 aromatic heterocycles. The Morgan fingerprint density at radius 2 is 2.26 bits per heavy atom. The van der Waals surface area contributed by atoms with Crippen LogP contribution in [0.15, 0.2) is 54.6 Å². The molecule has 118 valence electrons. The van der Waals surface area contributed by atoms with Crippen molar-refractivity contribution < 1.29 is 4.79 Å². The quantitative estimate of drug-likeness (QED) is 0.631. The van der Waals surface area contributed by atoms with E-state index in [4.69, 9.17) is 4.98 Å². The van der Waals surface area contributed by atoms with E-state index in [9.17, 15) is 4.79 Å². The highest BCUT2D eigenvalue weighted by Crippen LogP contribution is 2.34. The largest absolute Gasteiger partial charge is 0.292 e. The van der Waals surface area contributed by atoms with E-state index in [2.05, 4.69) is 13.5 Å². The van der Waals surface area contributed by atoms with Crippen molar-refractivity contribution >= 4 is 28.7 Å². The number of imidazole rings is 1. The number of pyridine rings is 1. The van der Waals surface area contributed by atoms with E-state index >= 15 is 0 Å². The second-order valence-corrected chi connectivity index (χ2v) is 6.19. The summed E-state index contributed by atoms with van der Waals surface area (Å²) in [6, 6.07) is 9.89. The van der Waals surface area contributed by atoms with Gasteiger partial charge in [0.05, 0.1) is 4.88 Å². The number of nitrogens with zero attached hydrogens (tertiary/aromatic N) is 3. The lowest BCUT2D eigenvalue weighted by molar-refractivity contribution is -0.114. The molecule has 0 aromatic carbocycles. The number of carbonyl (C=O) groups excluding carboxylic acids is 1. The Hall–Kier alpha value is -2.40. The second kappa shape index (κ2) is 6.79. The van der Waals surface area contributed by atoms with Gasteiger partial charge >= 0.3 is 0 Å². The lowest BCUT2D eigenvalue weighted by Gasteiger charge is -2.21. The van der Waals surface area contributed by atoms with Crippen LogP contribution in [0.3, 0.4) is 0 Å². The van der Waals surface area contributed by atoms with Crippen molar-refractivity contribution in [3.8, 4) is 10.6 Å². The molecular weight excluding hydrogens is 306 g/mol. The molecule has 3 aromatic rings. The number of hydrogen-bond acceptors (Lipinski definition) is 3. The molecule has 0 aliphatic carbocycles. The number of anilines is 1. The Balaban J connectivity index is 2.21. The van der Waals surface area contributed by atoms with Crippen molar-refractivity contribution in [3.05, 3.63) is 54.6 Å². The van der Waals surface area contributed by atoms with Crippen molar-refractivity contribution in [2.75, 3.05) is 11.4 Å². The van der Waals surface area contributed by atoms with Crippen molar-refractivity contribution in [2.24, 2.45) is 0 Å². The smallest absolute Gasteiger partial charge is 0.251 e. The monoisotopic (exact) mass is 325 g/mol. The first-order valence-corrected chi connectivity index (χ1v) is 8.59. The van der Waals surface area contributed by atoms with Crippen molar-refractivity contribution in [1.82, 2.24) is 9.38 Å². The summed E-state index contributed by atoms with van der Waals surface area (Å²) in [5, 5.41) is 2.02. The maximum Gasteiger partial charge on any atom is 0.251 e. The SMILES string of the molecule is C=CC(=O)N(CCCC)c1c(-c2cccs2)nc2ccccn12. The van der Waals surface area contributed by atoms with Crippen LogP contribution in [0.2, 0.25) is 0 Å². The second-order valence-electron chi connectivity index (χ2n) is 5.24. The van der Waals surface area contributed by atoms with Gasteiger partial charge in [0.15, 0.2) is 0 Å². The molecule has 0 N–H and O–H groups in total. The summed E-state index contributed by atoms with van der Waals surface area (Å²) < 4.78 is 1.98. The Morgan fingerprint density at radius 3 is 2.96 bits per heavy atom. The topological polar surface area (TPSA) is 37.6 Å². The lowest BCUT2D eigenvalue weighted by atomic mass is 10.2. The van der Waals surface area contributed by atoms with E-state index in [1.165, 1.54) is 6.08 Å². The van der Waals surface area contributed by atoms with Gasteiger partial charge < -0.3 is 0 Å². The summed E-state index contributed by atoms with van der Waals surface area (Å²) in [6.07, 6.45) is 5.27. The van der Waals surface area contributed by atoms with Gasteiger partial charge in [0.25, 0.3) is 5.91 Å². The van der Waals surface area contributed by atoms with Gasteiger partial charge in [-0.3, -0.25) is 14.1 Å². The maximum absolute atomic E-state index is 12.5. The molecule has 0 aliphatic heterocycles. The van der Waals surface area contributed by atoms with Gasteiger partial charge in [-0.05, 0) is 36.1 Å². The third kappa shape index (κ3) is 2.92. The zero-order chi connectivity index (χ0) is 16.2. The average molecular weight is 325 g/mol. The molecule has 0 fully saturated rings. The molecule has 0 unspecified atom stereocenters. The van der Waals surface area contributed by atoms with Gasteiger partial charge in [-0.1, -0.05) is 32.1 Å². The number of amides is 1. The molecule has 23 heavy (non-hydrogen) atoms. The highest BCUT2D eigenvalue weighted by Gasteiger charge is 2.23. The Bertz CT molecular complexity index is 820. The molecule has 5 heteroatoms. The minimum atomic E-state index is -0.0955. The maximum atomic E-state index is 12.5. The first kappa shape index (κ1) is 15.5. The third-order valence-corrected chi connectivity index (χ3v) is 4.57. The number of fused-ring (bicyclic) bond motifs is 1. The fraction of sp³-hybridized carbons (Fsp3) is 0.222. The van der Waals surface area contributed by atoms with Crippen LogP contribution in [0.5, 0.6) is 0 Å². The highest BCUT2D eigenvalue weighted by atomic mass is 32.1. The van der Waals surface area contributed by atoms with Crippen molar-refractivity contribution in [3.63, 3.8) is 0 Å². The number of rotatable bonds is 6. The van der Waals surface area contributed by atoms with Crippen molar-refractivity contribution in [1.29, 1.82) is 0 Å². The van der Waals surface area contributed by atoms with Crippen LogP contribution in [-0.2, 0) is 4.79 Å². The number of thiophene rings is 1. The normalized spacial score (nSPS) is 10.8. The lowest BCUT2D eigenvalue weighted by Crippen LogP contribution is -2.31.